The second-order valence-electron chi connectivity index (χ2n) is 5.48. The first-order valence-electron chi connectivity index (χ1n) is 8.13. The molecular formula is C19H16F2N4O3. The lowest BCUT2D eigenvalue weighted by atomic mass is 10.1. The molecule has 0 radical (unpaired) electrons. The Morgan fingerprint density at radius 2 is 1.79 bits per heavy atom. The number of benzene rings is 2. The number of hydrogen-bond acceptors (Lipinski definition) is 6. The number of aromatic nitrogens is 2. The van der Waals surface area contributed by atoms with Crippen molar-refractivity contribution in [1.29, 1.82) is 0 Å². The first kappa shape index (κ1) is 19.0. The minimum Gasteiger partial charge on any atom is -0.493 e. The van der Waals surface area contributed by atoms with Gasteiger partial charge in [0.2, 0.25) is 5.95 Å². The number of methoxy groups -OCH3 is 1. The molecule has 28 heavy (non-hydrogen) atoms. The largest absolute Gasteiger partial charge is 0.493 e. The van der Waals surface area contributed by atoms with Crippen molar-refractivity contribution in [3.63, 3.8) is 0 Å². The Balaban J connectivity index is 1.75. The number of carbonyl (C=O) groups excluding carboxylic acids is 1. The van der Waals surface area contributed by atoms with Crippen LogP contribution in [-0.2, 0) is 0 Å². The molecule has 0 bridgehead atoms. The summed E-state index contributed by atoms with van der Waals surface area (Å²) in [6, 6.07) is 12.6. The maximum Gasteiger partial charge on any atom is 0.387 e. The van der Waals surface area contributed by atoms with Crippen LogP contribution in [0.25, 0.3) is 0 Å². The van der Waals surface area contributed by atoms with Gasteiger partial charge in [0.25, 0.3) is 5.91 Å². The molecule has 1 heterocycles. The van der Waals surface area contributed by atoms with E-state index in [-0.39, 0.29) is 17.2 Å². The quantitative estimate of drug-likeness (QED) is 0.636. The van der Waals surface area contributed by atoms with E-state index in [1.807, 2.05) is 0 Å². The van der Waals surface area contributed by atoms with Crippen LogP contribution in [0.5, 0.6) is 11.5 Å². The topological polar surface area (TPSA) is 85.4 Å². The number of nitrogens with zero attached hydrogens (tertiary/aromatic N) is 2. The number of alkyl halides is 2. The summed E-state index contributed by atoms with van der Waals surface area (Å²) in [6.45, 7) is -3.01. The summed E-state index contributed by atoms with van der Waals surface area (Å²) in [7, 11) is 1.33. The molecule has 144 valence electrons. The fourth-order valence-electron chi connectivity index (χ4n) is 2.38. The van der Waals surface area contributed by atoms with Gasteiger partial charge >= 0.3 is 6.61 Å². The zero-order valence-electron chi connectivity index (χ0n) is 14.7. The van der Waals surface area contributed by atoms with Crippen molar-refractivity contribution in [2.75, 3.05) is 17.7 Å². The molecule has 0 spiro atoms. The lowest BCUT2D eigenvalue weighted by Crippen LogP contribution is -2.12. The summed E-state index contributed by atoms with van der Waals surface area (Å²) in [4.78, 5) is 20.6. The van der Waals surface area contributed by atoms with Crippen LogP contribution in [0.3, 0.4) is 0 Å². The fraction of sp³-hybridized carbons (Fsp3) is 0.105. The number of hydrogen-bond donors (Lipinski definition) is 2. The van der Waals surface area contributed by atoms with E-state index in [9.17, 15) is 13.6 Å². The molecule has 0 unspecified atom stereocenters. The molecule has 2 aromatic carbocycles. The SMILES string of the molecule is COc1ccc(NC(=O)c2cccc(Nc3ncccn3)c2)cc1OC(F)F. The minimum absolute atomic E-state index is 0.132. The van der Waals surface area contributed by atoms with Gasteiger partial charge in [-0.2, -0.15) is 8.78 Å². The lowest BCUT2D eigenvalue weighted by molar-refractivity contribution is -0.0511. The molecule has 2 N–H and O–H groups in total. The molecule has 0 aliphatic carbocycles. The molecule has 7 nitrogen and oxygen atoms in total. The third-order valence-electron chi connectivity index (χ3n) is 3.58. The molecule has 1 amide bonds. The van der Waals surface area contributed by atoms with E-state index in [1.165, 1.54) is 25.3 Å². The van der Waals surface area contributed by atoms with Crippen LogP contribution in [0.1, 0.15) is 10.4 Å². The number of anilines is 3. The van der Waals surface area contributed by atoms with E-state index < -0.39 is 12.5 Å². The molecule has 0 atom stereocenters. The van der Waals surface area contributed by atoms with Gasteiger partial charge in [0, 0.05) is 35.4 Å². The highest BCUT2D eigenvalue weighted by atomic mass is 19.3. The van der Waals surface area contributed by atoms with Gasteiger partial charge in [-0.1, -0.05) is 6.07 Å². The van der Waals surface area contributed by atoms with E-state index in [0.717, 1.165) is 0 Å². The highest BCUT2D eigenvalue weighted by molar-refractivity contribution is 6.05. The first-order chi connectivity index (χ1) is 13.5. The smallest absolute Gasteiger partial charge is 0.387 e. The normalized spacial score (nSPS) is 10.4. The number of halogens is 2. The summed E-state index contributed by atoms with van der Waals surface area (Å²) in [6.07, 6.45) is 3.18. The molecule has 0 aliphatic heterocycles. The van der Waals surface area contributed by atoms with Gasteiger partial charge in [-0.15, -0.1) is 0 Å². The average Bonchev–Trinajstić information content (AvgIpc) is 2.69. The molecular weight excluding hydrogens is 370 g/mol. The third kappa shape index (κ3) is 4.91. The summed E-state index contributed by atoms with van der Waals surface area (Å²) >= 11 is 0. The molecule has 3 rings (SSSR count). The van der Waals surface area contributed by atoms with Crippen molar-refractivity contribution >= 4 is 23.2 Å². The third-order valence-corrected chi connectivity index (χ3v) is 3.58. The maximum absolute atomic E-state index is 12.5. The van der Waals surface area contributed by atoms with Crippen molar-refractivity contribution in [2.45, 2.75) is 6.61 Å². The minimum atomic E-state index is -3.01. The van der Waals surface area contributed by atoms with Gasteiger partial charge in [-0.25, -0.2) is 9.97 Å². The fourth-order valence-corrected chi connectivity index (χ4v) is 2.38. The highest BCUT2D eigenvalue weighted by Crippen LogP contribution is 2.31. The van der Waals surface area contributed by atoms with Crippen LogP contribution in [0.2, 0.25) is 0 Å². The van der Waals surface area contributed by atoms with Crippen molar-refractivity contribution in [3.05, 3.63) is 66.5 Å². The van der Waals surface area contributed by atoms with Gasteiger partial charge < -0.3 is 20.1 Å². The lowest BCUT2D eigenvalue weighted by Gasteiger charge is -2.12. The van der Waals surface area contributed by atoms with Gasteiger partial charge in [-0.05, 0) is 36.4 Å². The van der Waals surface area contributed by atoms with E-state index in [1.54, 1.807) is 42.7 Å². The molecule has 1 aromatic heterocycles. The molecule has 3 aromatic rings. The first-order valence-corrected chi connectivity index (χ1v) is 8.13. The number of nitrogens with one attached hydrogen (secondary N) is 2. The van der Waals surface area contributed by atoms with E-state index in [0.29, 0.717) is 17.2 Å². The second kappa shape index (κ2) is 8.76. The van der Waals surface area contributed by atoms with Crippen molar-refractivity contribution in [1.82, 2.24) is 9.97 Å². The Labute approximate surface area is 159 Å². The monoisotopic (exact) mass is 386 g/mol. The van der Waals surface area contributed by atoms with Crippen molar-refractivity contribution in [3.8, 4) is 11.5 Å². The highest BCUT2D eigenvalue weighted by Gasteiger charge is 2.13. The summed E-state index contributed by atoms with van der Waals surface area (Å²) in [5, 5.41) is 5.62. The van der Waals surface area contributed by atoms with E-state index in [2.05, 4.69) is 25.3 Å². The molecule has 0 fully saturated rings. The second-order valence-corrected chi connectivity index (χ2v) is 5.48. The molecule has 0 aliphatic rings. The van der Waals surface area contributed by atoms with E-state index in [4.69, 9.17) is 4.74 Å². The Morgan fingerprint density at radius 1 is 1.00 bits per heavy atom. The Kier molecular flexibility index (Phi) is 5.95. The van der Waals surface area contributed by atoms with Crippen LogP contribution in [0.15, 0.2) is 60.9 Å². The maximum atomic E-state index is 12.5. The Hall–Kier alpha value is -3.75. The zero-order valence-corrected chi connectivity index (χ0v) is 14.7. The van der Waals surface area contributed by atoms with Crippen LogP contribution < -0.4 is 20.1 Å². The van der Waals surface area contributed by atoms with Crippen LogP contribution in [-0.4, -0.2) is 29.6 Å². The molecule has 9 heteroatoms. The standard InChI is InChI=1S/C19H16F2N4O3/c1-27-15-7-6-14(11-16(15)28-18(20)21)24-17(26)12-4-2-5-13(10-12)25-19-22-8-3-9-23-19/h2-11,18H,1H3,(H,24,26)(H,22,23,25). The molecule has 0 saturated carbocycles. The zero-order chi connectivity index (χ0) is 19.9. The Morgan fingerprint density at radius 3 is 2.50 bits per heavy atom. The number of amides is 1. The average molecular weight is 386 g/mol. The number of carbonyl (C=O) groups is 1. The van der Waals surface area contributed by atoms with Crippen molar-refractivity contribution in [2.24, 2.45) is 0 Å². The Bertz CT molecular complexity index is 955. The predicted octanol–water partition coefficient (Wildman–Crippen LogP) is 4.08. The summed E-state index contributed by atoms with van der Waals surface area (Å²) in [5.74, 6) is -0.0749. The number of rotatable bonds is 7. The van der Waals surface area contributed by atoms with Crippen LogP contribution >= 0.6 is 0 Å². The van der Waals surface area contributed by atoms with Gasteiger partial charge in [-0.3, -0.25) is 4.79 Å². The predicted molar refractivity (Wildman–Crippen MR) is 99.3 cm³/mol. The molecule has 0 saturated heterocycles. The van der Waals surface area contributed by atoms with E-state index >= 15 is 0 Å². The van der Waals surface area contributed by atoms with Crippen LogP contribution in [0, 0.1) is 0 Å². The van der Waals surface area contributed by atoms with Crippen LogP contribution in [0.4, 0.5) is 26.1 Å². The van der Waals surface area contributed by atoms with Gasteiger partial charge in [0.05, 0.1) is 7.11 Å². The summed E-state index contributed by atoms with van der Waals surface area (Å²) in [5.41, 5.74) is 1.26. The summed E-state index contributed by atoms with van der Waals surface area (Å²) < 4.78 is 34.5. The van der Waals surface area contributed by atoms with Crippen molar-refractivity contribution < 1.29 is 23.0 Å². The number of ether oxygens (including phenoxy) is 2. The van der Waals surface area contributed by atoms with Gasteiger partial charge in [0.15, 0.2) is 11.5 Å². The van der Waals surface area contributed by atoms with Gasteiger partial charge in [0.1, 0.15) is 0 Å².